The van der Waals surface area contributed by atoms with E-state index < -0.39 is 36.3 Å². The molecule has 2 aliphatic heterocycles. The van der Waals surface area contributed by atoms with Gasteiger partial charge < -0.3 is 24.3 Å². The molecule has 1 unspecified atom stereocenters. The van der Waals surface area contributed by atoms with Gasteiger partial charge in [-0.15, -0.1) is 0 Å². The molecule has 0 radical (unpaired) electrons. The first kappa shape index (κ1) is 14.2. The minimum absolute atomic E-state index is 0.0560. The van der Waals surface area contributed by atoms with Crippen LogP contribution < -0.4 is 5.32 Å². The maximum Gasteiger partial charge on any atom is 0.302 e. The van der Waals surface area contributed by atoms with Crippen LogP contribution >= 0.6 is 0 Å². The summed E-state index contributed by atoms with van der Waals surface area (Å²) in [5.41, 5.74) is 0. The maximum atomic E-state index is 11.3. The lowest BCUT2D eigenvalue weighted by atomic mass is 10.1. The second-order valence-electron chi connectivity index (χ2n) is 5.17. The highest BCUT2D eigenvalue weighted by Gasteiger charge is 2.55. The summed E-state index contributed by atoms with van der Waals surface area (Å²) < 4.78 is 21.9. The summed E-state index contributed by atoms with van der Waals surface area (Å²) in [5.74, 6) is -1.35. The Bertz CT molecular complexity index is 382. The third-order valence-corrected chi connectivity index (χ3v) is 2.97. The Labute approximate surface area is 111 Å². The van der Waals surface area contributed by atoms with Gasteiger partial charge in [-0.3, -0.25) is 9.59 Å². The van der Waals surface area contributed by atoms with E-state index in [0.717, 1.165) is 0 Å². The van der Waals surface area contributed by atoms with Crippen LogP contribution in [0.15, 0.2) is 0 Å². The molecule has 4 atom stereocenters. The summed E-state index contributed by atoms with van der Waals surface area (Å²) in [6, 6.07) is -0.399. The van der Waals surface area contributed by atoms with E-state index in [0.29, 0.717) is 0 Å². The first-order valence-corrected chi connectivity index (χ1v) is 6.20. The Balaban J connectivity index is 2.05. The summed E-state index contributed by atoms with van der Waals surface area (Å²) in [6.45, 7) is 6.35. The highest BCUT2D eigenvalue weighted by molar-refractivity contribution is 5.73. The third-order valence-electron chi connectivity index (χ3n) is 2.97. The Morgan fingerprint density at radius 2 is 1.95 bits per heavy atom. The van der Waals surface area contributed by atoms with Crippen molar-refractivity contribution in [2.45, 2.75) is 58.0 Å². The average molecular weight is 273 g/mol. The van der Waals surface area contributed by atoms with Gasteiger partial charge in [-0.25, -0.2) is 0 Å². The van der Waals surface area contributed by atoms with E-state index in [9.17, 15) is 9.59 Å². The van der Waals surface area contributed by atoms with Crippen molar-refractivity contribution in [1.82, 2.24) is 5.32 Å². The SMILES string of the molecule is CC(=O)NC1[C@H]2OC(C)(C)O[C@H]2O[C@@H]1COC(C)=O. The Kier molecular flexibility index (Phi) is 3.80. The molecule has 0 bridgehead atoms. The van der Waals surface area contributed by atoms with Crippen LogP contribution in [0, 0.1) is 0 Å². The Hall–Kier alpha value is -1.18. The highest BCUT2D eigenvalue weighted by Crippen LogP contribution is 2.37. The van der Waals surface area contributed by atoms with Crippen molar-refractivity contribution in [1.29, 1.82) is 0 Å². The van der Waals surface area contributed by atoms with Gasteiger partial charge in [0, 0.05) is 13.8 Å². The van der Waals surface area contributed by atoms with Gasteiger partial charge in [-0.05, 0) is 13.8 Å². The molecule has 0 spiro atoms. The lowest BCUT2D eigenvalue weighted by Gasteiger charge is -2.25. The minimum atomic E-state index is -0.752. The van der Waals surface area contributed by atoms with Gasteiger partial charge in [0.25, 0.3) is 0 Å². The predicted octanol–water partition coefficient (Wildman–Crippen LogP) is -0.0694. The highest BCUT2D eigenvalue weighted by atomic mass is 16.8. The lowest BCUT2D eigenvalue weighted by molar-refractivity contribution is -0.212. The van der Waals surface area contributed by atoms with Crippen molar-refractivity contribution in [3.05, 3.63) is 0 Å². The zero-order chi connectivity index (χ0) is 14.2. The van der Waals surface area contributed by atoms with E-state index in [1.165, 1.54) is 13.8 Å². The minimum Gasteiger partial charge on any atom is -0.463 e. The van der Waals surface area contributed by atoms with Gasteiger partial charge in [0.15, 0.2) is 12.1 Å². The number of esters is 1. The Morgan fingerprint density at radius 3 is 2.53 bits per heavy atom. The molecule has 2 heterocycles. The molecule has 108 valence electrons. The number of nitrogens with one attached hydrogen (secondary N) is 1. The molecule has 7 heteroatoms. The fraction of sp³-hybridized carbons (Fsp3) is 0.833. The zero-order valence-corrected chi connectivity index (χ0v) is 11.5. The smallest absolute Gasteiger partial charge is 0.302 e. The molecule has 2 fully saturated rings. The van der Waals surface area contributed by atoms with Crippen LogP contribution in [0.1, 0.15) is 27.7 Å². The summed E-state index contributed by atoms with van der Waals surface area (Å²) in [6.07, 6.45) is -1.44. The number of carbonyl (C=O) groups is 2. The van der Waals surface area contributed by atoms with E-state index in [-0.39, 0.29) is 12.5 Å². The first-order valence-electron chi connectivity index (χ1n) is 6.20. The molecule has 0 aromatic carbocycles. The quantitative estimate of drug-likeness (QED) is 0.725. The van der Waals surface area contributed by atoms with Crippen molar-refractivity contribution in [2.24, 2.45) is 0 Å². The number of ether oxygens (including phenoxy) is 4. The normalized spacial score (nSPS) is 35.8. The van der Waals surface area contributed by atoms with E-state index in [1.54, 1.807) is 13.8 Å². The Morgan fingerprint density at radius 1 is 1.26 bits per heavy atom. The predicted molar refractivity (Wildman–Crippen MR) is 62.9 cm³/mol. The fourth-order valence-electron chi connectivity index (χ4n) is 2.33. The number of rotatable bonds is 3. The monoisotopic (exact) mass is 273 g/mol. The van der Waals surface area contributed by atoms with Crippen LogP contribution in [-0.2, 0) is 28.5 Å². The molecule has 2 saturated heterocycles. The third kappa shape index (κ3) is 3.23. The van der Waals surface area contributed by atoms with Crippen LogP contribution in [0.25, 0.3) is 0 Å². The largest absolute Gasteiger partial charge is 0.463 e. The molecule has 0 aliphatic carbocycles. The summed E-state index contributed by atoms with van der Waals surface area (Å²) >= 11 is 0. The fourth-order valence-corrected chi connectivity index (χ4v) is 2.33. The van der Waals surface area contributed by atoms with Crippen molar-refractivity contribution in [3.63, 3.8) is 0 Å². The van der Waals surface area contributed by atoms with Gasteiger partial charge >= 0.3 is 5.97 Å². The van der Waals surface area contributed by atoms with Crippen molar-refractivity contribution in [3.8, 4) is 0 Å². The van der Waals surface area contributed by atoms with Crippen molar-refractivity contribution >= 4 is 11.9 Å². The molecule has 2 aliphatic rings. The number of fused-ring (bicyclic) bond motifs is 1. The second-order valence-corrected chi connectivity index (χ2v) is 5.17. The molecular weight excluding hydrogens is 254 g/mol. The molecule has 0 aromatic heterocycles. The first-order chi connectivity index (χ1) is 8.78. The number of hydrogen-bond acceptors (Lipinski definition) is 6. The molecule has 0 aromatic rings. The van der Waals surface area contributed by atoms with Crippen molar-refractivity contribution in [2.75, 3.05) is 6.61 Å². The summed E-state index contributed by atoms with van der Waals surface area (Å²) in [4.78, 5) is 22.1. The second kappa shape index (κ2) is 5.07. The summed E-state index contributed by atoms with van der Waals surface area (Å²) in [5, 5.41) is 2.76. The van der Waals surface area contributed by atoms with Crippen LogP contribution in [0.2, 0.25) is 0 Å². The molecule has 19 heavy (non-hydrogen) atoms. The van der Waals surface area contributed by atoms with E-state index >= 15 is 0 Å². The molecule has 1 N–H and O–H groups in total. The van der Waals surface area contributed by atoms with Gasteiger partial charge in [0.05, 0.1) is 6.04 Å². The topological polar surface area (TPSA) is 83.1 Å². The number of amides is 1. The van der Waals surface area contributed by atoms with E-state index in [2.05, 4.69) is 5.32 Å². The van der Waals surface area contributed by atoms with Gasteiger partial charge in [-0.1, -0.05) is 0 Å². The van der Waals surface area contributed by atoms with Gasteiger partial charge in [0.1, 0.15) is 18.8 Å². The van der Waals surface area contributed by atoms with Crippen LogP contribution in [0.5, 0.6) is 0 Å². The molecule has 2 rings (SSSR count). The van der Waals surface area contributed by atoms with Crippen molar-refractivity contribution < 1.29 is 28.5 Å². The molecule has 1 amide bonds. The zero-order valence-electron chi connectivity index (χ0n) is 11.5. The average Bonchev–Trinajstić information content (AvgIpc) is 2.69. The van der Waals surface area contributed by atoms with Gasteiger partial charge in [0.2, 0.25) is 5.91 Å². The molecular formula is C12H19NO6. The number of carbonyl (C=O) groups excluding carboxylic acids is 2. The number of hydrogen-bond donors (Lipinski definition) is 1. The lowest BCUT2D eigenvalue weighted by Crippen LogP contribution is -2.49. The standard InChI is InChI=1S/C12H19NO6/c1-6(14)13-9-8(5-16-7(2)15)17-11-10(9)18-12(3,4)19-11/h8-11H,5H2,1-4H3,(H,13,14)/t8-,9?,10-,11-/m1/s1. The van der Waals surface area contributed by atoms with E-state index in [1.807, 2.05) is 0 Å². The van der Waals surface area contributed by atoms with Crippen LogP contribution in [-0.4, -0.2) is 48.8 Å². The summed E-state index contributed by atoms with van der Waals surface area (Å²) in [7, 11) is 0. The van der Waals surface area contributed by atoms with E-state index in [4.69, 9.17) is 18.9 Å². The molecule has 0 saturated carbocycles. The van der Waals surface area contributed by atoms with Gasteiger partial charge in [-0.2, -0.15) is 0 Å². The van der Waals surface area contributed by atoms with Crippen LogP contribution in [0.4, 0.5) is 0 Å². The maximum absolute atomic E-state index is 11.3. The molecule has 7 nitrogen and oxygen atoms in total. The van der Waals surface area contributed by atoms with Crippen LogP contribution in [0.3, 0.4) is 0 Å².